The van der Waals surface area contributed by atoms with Crippen LogP contribution in [-0.4, -0.2) is 54.1 Å². The van der Waals surface area contributed by atoms with Gasteiger partial charge in [0.1, 0.15) is 5.76 Å². The number of hydrogen-bond donors (Lipinski definition) is 1. The smallest absolute Gasteiger partial charge is 0.122 e. The van der Waals surface area contributed by atoms with Gasteiger partial charge in [-0.2, -0.15) is 0 Å². The molecule has 3 atom stereocenters. The van der Waals surface area contributed by atoms with Crippen molar-refractivity contribution in [2.24, 2.45) is 0 Å². The van der Waals surface area contributed by atoms with Crippen molar-refractivity contribution in [1.82, 2.24) is 15.1 Å². The summed E-state index contributed by atoms with van der Waals surface area (Å²) in [5.41, 5.74) is 0. The van der Waals surface area contributed by atoms with Gasteiger partial charge in [-0.1, -0.05) is 0 Å². The molecule has 0 amide bonds. The van der Waals surface area contributed by atoms with Gasteiger partial charge in [0, 0.05) is 31.2 Å². The first-order valence-electron chi connectivity index (χ1n) is 9.08. The summed E-state index contributed by atoms with van der Waals surface area (Å²) in [6.45, 7) is 7.06. The van der Waals surface area contributed by atoms with E-state index in [0.29, 0.717) is 12.1 Å². The monoisotopic (exact) mass is 303 g/mol. The quantitative estimate of drug-likeness (QED) is 0.875. The molecule has 22 heavy (non-hydrogen) atoms. The molecule has 1 N–H and O–H groups in total. The van der Waals surface area contributed by atoms with Gasteiger partial charge in [-0.15, -0.1) is 0 Å². The Labute approximate surface area is 133 Å². The van der Waals surface area contributed by atoms with E-state index >= 15 is 0 Å². The summed E-state index contributed by atoms with van der Waals surface area (Å²) >= 11 is 0. The number of likely N-dealkylation sites (tertiary alicyclic amines) is 2. The number of furan rings is 1. The summed E-state index contributed by atoms with van der Waals surface area (Å²) in [7, 11) is 0. The highest BCUT2D eigenvalue weighted by molar-refractivity contribution is 5.07. The van der Waals surface area contributed by atoms with Gasteiger partial charge < -0.3 is 9.73 Å². The Kier molecular flexibility index (Phi) is 4.25. The molecule has 3 heterocycles. The van der Waals surface area contributed by atoms with Crippen LogP contribution in [0.5, 0.6) is 0 Å². The van der Waals surface area contributed by atoms with Gasteiger partial charge in [0.25, 0.3) is 0 Å². The number of hydrogen-bond acceptors (Lipinski definition) is 4. The molecule has 1 saturated carbocycles. The third kappa shape index (κ3) is 3.10. The van der Waals surface area contributed by atoms with Crippen LogP contribution >= 0.6 is 0 Å². The van der Waals surface area contributed by atoms with E-state index in [0.717, 1.165) is 24.4 Å². The van der Waals surface area contributed by atoms with E-state index in [-0.39, 0.29) is 0 Å². The summed E-state index contributed by atoms with van der Waals surface area (Å²) in [6.07, 6.45) is 8.59. The van der Waals surface area contributed by atoms with Crippen LogP contribution in [0.15, 0.2) is 22.8 Å². The third-order valence-corrected chi connectivity index (χ3v) is 5.69. The van der Waals surface area contributed by atoms with Crippen molar-refractivity contribution in [2.45, 2.75) is 63.2 Å². The minimum atomic E-state index is 0.405. The molecule has 4 nitrogen and oxygen atoms in total. The molecule has 3 fully saturated rings. The van der Waals surface area contributed by atoms with Crippen molar-refractivity contribution in [1.29, 1.82) is 0 Å². The molecule has 0 bridgehead atoms. The Morgan fingerprint density at radius 1 is 1.32 bits per heavy atom. The lowest BCUT2D eigenvalue weighted by Gasteiger charge is -2.27. The highest BCUT2D eigenvalue weighted by atomic mass is 16.3. The fraction of sp³-hybridized carbons (Fsp3) is 0.778. The van der Waals surface area contributed by atoms with Crippen molar-refractivity contribution in [3.63, 3.8) is 0 Å². The predicted octanol–water partition coefficient (Wildman–Crippen LogP) is 2.63. The lowest BCUT2D eigenvalue weighted by atomic mass is 10.1. The zero-order chi connectivity index (χ0) is 14.9. The maximum absolute atomic E-state index is 5.72. The zero-order valence-electron chi connectivity index (χ0n) is 13.7. The first kappa shape index (κ1) is 14.7. The maximum Gasteiger partial charge on any atom is 0.122 e. The molecule has 1 aliphatic carbocycles. The first-order chi connectivity index (χ1) is 10.8. The van der Waals surface area contributed by atoms with Gasteiger partial charge in [-0.25, -0.2) is 0 Å². The van der Waals surface area contributed by atoms with Gasteiger partial charge in [0.15, 0.2) is 0 Å². The number of rotatable bonds is 6. The van der Waals surface area contributed by atoms with Gasteiger partial charge in [-0.05, 0) is 64.3 Å². The van der Waals surface area contributed by atoms with Crippen LogP contribution in [0.1, 0.15) is 50.8 Å². The van der Waals surface area contributed by atoms with Crippen LogP contribution in [0.2, 0.25) is 0 Å². The molecule has 122 valence electrons. The maximum atomic E-state index is 5.72. The fourth-order valence-corrected chi connectivity index (χ4v) is 4.34. The molecule has 3 aliphatic rings. The molecule has 0 radical (unpaired) electrons. The molecular formula is C18H29N3O. The summed E-state index contributed by atoms with van der Waals surface area (Å²) in [5, 5.41) is 3.85. The van der Waals surface area contributed by atoms with Crippen molar-refractivity contribution in [3.8, 4) is 0 Å². The Bertz CT molecular complexity index is 465. The molecule has 0 unspecified atom stereocenters. The molecule has 2 saturated heterocycles. The van der Waals surface area contributed by atoms with Crippen molar-refractivity contribution >= 4 is 0 Å². The van der Waals surface area contributed by atoms with E-state index in [4.69, 9.17) is 4.42 Å². The average Bonchev–Trinajstić information content (AvgIpc) is 2.98. The molecule has 1 aromatic rings. The number of nitrogens with zero attached hydrogens (tertiary/aromatic N) is 2. The molecule has 0 spiro atoms. The van der Waals surface area contributed by atoms with E-state index < -0.39 is 0 Å². The Balaban J connectivity index is 1.35. The molecule has 4 rings (SSSR count). The summed E-state index contributed by atoms with van der Waals surface area (Å²) in [6, 6.07) is 6.85. The van der Waals surface area contributed by atoms with Gasteiger partial charge in [-0.3, -0.25) is 9.80 Å². The lowest BCUT2D eigenvalue weighted by Crippen LogP contribution is -2.40. The zero-order valence-corrected chi connectivity index (χ0v) is 13.7. The van der Waals surface area contributed by atoms with Crippen LogP contribution < -0.4 is 5.32 Å². The number of nitrogens with one attached hydrogen (secondary N) is 1. The van der Waals surface area contributed by atoms with Crippen molar-refractivity contribution < 1.29 is 4.42 Å². The van der Waals surface area contributed by atoms with Gasteiger partial charge in [0.05, 0.1) is 12.3 Å². The van der Waals surface area contributed by atoms with E-state index in [9.17, 15) is 0 Å². The Morgan fingerprint density at radius 2 is 2.14 bits per heavy atom. The van der Waals surface area contributed by atoms with Crippen LogP contribution in [-0.2, 0) is 0 Å². The summed E-state index contributed by atoms with van der Waals surface area (Å²) in [4.78, 5) is 5.30. The largest absolute Gasteiger partial charge is 0.468 e. The topological polar surface area (TPSA) is 31.7 Å². The highest BCUT2D eigenvalue weighted by Crippen LogP contribution is 2.33. The third-order valence-electron chi connectivity index (χ3n) is 5.69. The summed E-state index contributed by atoms with van der Waals surface area (Å²) in [5.74, 6) is 1.12. The Morgan fingerprint density at radius 3 is 2.82 bits per heavy atom. The predicted molar refractivity (Wildman–Crippen MR) is 87.9 cm³/mol. The van der Waals surface area contributed by atoms with E-state index in [1.807, 2.05) is 12.3 Å². The van der Waals surface area contributed by atoms with Crippen LogP contribution in [0.25, 0.3) is 0 Å². The Hall–Kier alpha value is -0.840. The molecular weight excluding hydrogens is 274 g/mol. The minimum absolute atomic E-state index is 0.405. The second-order valence-corrected chi connectivity index (χ2v) is 7.39. The van der Waals surface area contributed by atoms with Crippen molar-refractivity contribution in [2.75, 3.05) is 26.2 Å². The highest BCUT2D eigenvalue weighted by Gasteiger charge is 2.39. The van der Waals surface area contributed by atoms with E-state index in [1.165, 1.54) is 51.7 Å². The second kappa shape index (κ2) is 6.34. The standard InChI is InChI=1S/C18H29N3O/c1-14-11-15(13-21(14)16-6-7-16)19-12-17(18-5-4-10-22-18)20-8-2-3-9-20/h4-5,10,14-17,19H,2-3,6-9,11-13H2,1H3/t14-,15-,17+/m1/s1. The molecule has 0 aromatic carbocycles. The fourth-order valence-electron chi connectivity index (χ4n) is 4.34. The SMILES string of the molecule is C[C@@H]1C[C@@H](NC[C@@H](c2ccco2)N2CCCC2)CN1C1CC1. The molecule has 4 heteroatoms. The van der Waals surface area contributed by atoms with Crippen LogP contribution in [0.4, 0.5) is 0 Å². The molecule has 2 aliphatic heterocycles. The van der Waals surface area contributed by atoms with E-state index in [2.05, 4.69) is 28.1 Å². The average molecular weight is 303 g/mol. The van der Waals surface area contributed by atoms with Gasteiger partial charge >= 0.3 is 0 Å². The first-order valence-corrected chi connectivity index (χ1v) is 9.08. The molecule has 1 aromatic heterocycles. The normalized spacial score (nSPS) is 31.9. The minimum Gasteiger partial charge on any atom is -0.468 e. The second-order valence-electron chi connectivity index (χ2n) is 7.39. The summed E-state index contributed by atoms with van der Waals surface area (Å²) < 4.78 is 5.72. The van der Waals surface area contributed by atoms with Crippen LogP contribution in [0.3, 0.4) is 0 Å². The van der Waals surface area contributed by atoms with Crippen molar-refractivity contribution in [3.05, 3.63) is 24.2 Å². The van der Waals surface area contributed by atoms with Crippen LogP contribution in [0, 0.1) is 0 Å². The van der Waals surface area contributed by atoms with Gasteiger partial charge in [0.2, 0.25) is 0 Å². The van der Waals surface area contributed by atoms with E-state index in [1.54, 1.807) is 0 Å². The lowest BCUT2D eigenvalue weighted by molar-refractivity contribution is 0.203.